The molecule has 3 aromatic carbocycles. The minimum atomic E-state index is -1.76. The monoisotopic (exact) mass is 685 g/mol. The third-order valence-corrected chi connectivity index (χ3v) is 9.92. The van der Waals surface area contributed by atoms with Crippen molar-refractivity contribution >= 4 is 34.7 Å². The summed E-state index contributed by atoms with van der Waals surface area (Å²) >= 11 is 0. The number of fused-ring (bicyclic) bond motifs is 1. The zero-order valence-corrected chi connectivity index (χ0v) is 28.1. The molecule has 2 fully saturated rings. The molecule has 3 heterocycles. The zero-order valence-electron chi connectivity index (χ0n) is 27.3. The number of carbonyl (C=O) groups excluding carboxylic acids is 4. The molecule has 3 unspecified atom stereocenters. The van der Waals surface area contributed by atoms with Crippen molar-refractivity contribution in [2.75, 3.05) is 12.3 Å². The van der Waals surface area contributed by atoms with Gasteiger partial charge in [0, 0.05) is 18.7 Å². The summed E-state index contributed by atoms with van der Waals surface area (Å²) in [6.45, 7) is 5.68. The van der Waals surface area contributed by atoms with Gasteiger partial charge in [-0.2, -0.15) is 0 Å². The largest absolute Gasteiger partial charge is 0.448 e. The first kappa shape index (κ1) is 33.8. The van der Waals surface area contributed by atoms with Crippen LogP contribution in [0.1, 0.15) is 50.0 Å². The van der Waals surface area contributed by atoms with Crippen LogP contribution in [0.5, 0.6) is 0 Å². The molecular weight excluding hydrogens is 649 g/mol. The van der Waals surface area contributed by atoms with Crippen LogP contribution >= 0.6 is 0 Å². The molecule has 3 amide bonds. The van der Waals surface area contributed by atoms with Gasteiger partial charge in [0.1, 0.15) is 28.5 Å². The molecule has 10 nitrogen and oxygen atoms in total. The van der Waals surface area contributed by atoms with Crippen molar-refractivity contribution < 1.29 is 37.3 Å². The summed E-state index contributed by atoms with van der Waals surface area (Å²) in [6.07, 6.45) is 0.178. The maximum atomic E-state index is 14.3. The first-order chi connectivity index (χ1) is 23.4. The lowest BCUT2D eigenvalue weighted by Gasteiger charge is -2.49. The summed E-state index contributed by atoms with van der Waals surface area (Å²) in [5.74, 6) is -2.33. The number of esters is 1. The third-order valence-electron chi connectivity index (χ3n) is 8.30. The van der Waals surface area contributed by atoms with Gasteiger partial charge in [0.15, 0.2) is 6.10 Å². The normalized spacial score (nSPS) is 21.5. The highest BCUT2D eigenvalue weighted by Crippen LogP contribution is 2.38. The second-order valence-electron chi connectivity index (χ2n) is 13.0. The topological polar surface area (TPSA) is 122 Å². The van der Waals surface area contributed by atoms with E-state index in [1.165, 1.54) is 18.2 Å². The standard InChI is InChI=1S/C37H36FN3O7S/c1-37(2,3)48-36(45)39-29-33(43)41-30(35(44)47-31(24-10-6-4-7-11-24)25-12-8-5-9-13-25)27(22-49(46)34(29)41)20-26-18-19-40(32(26)42)21-23-14-16-28(38)17-15-23/h4-17,20,29,31,34H,18-19,21-22H2,1-3H3,(H,39,45)/b26-20+. The number of nitrogens with zero attached hydrogens (tertiary/aromatic N) is 2. The van der Waals surface area contributed by atoms with Crippen molar-refractivity contribution in [3.8, 4) is 0 Å². The molecule has 0 spiro atoms. The van der Waals surface area contributed by atoms with Gasteiger partial charge in [0.25, 0.3) is 5.91 Å². The molecule has 3 aromatic rings. The van der Waals surface area contributed by atoms with E-state index in [9.17, 15) is 27.8 Å². The number of allylic oxidation sites excluding steroid dienone is 1. The van der Waals surface area contributed by atoms with Gasteiger partial charge >= 0.3 is 12.1 Å². The van der Waals surface area contributed by atoms with Crippen LogP contribution in [0.2, 0.25) is 0 Å². The number of carbonyl (C=O) groups is 4. The maximum absolute atomic E-state index is 14.3. The fourth-order valence-corrected chi connectivity index (χ4v) is 7.69. The highest BCUT2D eigenvalue weighted by atomic mass is 32.2. The number of nitrogens with one attached hydrogen (secondary N) is 1. The number of rotatable bonds is 8. The average molecular weight is 686 g/mol. The van der Waals surface area contributed by atoms with E-state index in [2.05, 4.69) is 5.32 Å². The number of β-lactam (4-membered cyclic amide) rings is 1. The molecule has 12 heteroatoms. The average Bonchev–Trinajstić information content (AvgIpc) is 3.41. The summed E-state index contributed by atoms with van der Waals surface area (Å²) < 4.78 is 38.6. The number of hydrogen-bond donors (Lipinski definition) is 1. The van der Waals surface area contributed by atoms with Crippen LogP contribution in [0.25, 0.3) is 0 Å². The van der Waals surface area contributed by atoms with Crippen LogP contribution in [0.15, 0.2) is 108 Å². The summed E-state index contributed by atoms with van der Waals surface area (Å²) in [4.78, 5) is 56.7. The molecule has 2 saturated heterocycles. The van der Waals surface area contributed by atoms with Gasteiger partial charge in [0.2, 0.25) is 5.91 Å². The van der Waals surface area contributed by atoms with Crippen LogP contribution < -0.4 is 5.32 Å². The molecule has 6 rings (SSSR count). The Morgan fingerprint density at radius 2 is 1.59 bits per heavy atom. The van der Waals surface area contributed by atoms with Crippen molar-refractivity contribution in [2.45, 2.75) is 56.9 Å². The Balaban J connectivity index is 1.34. The molecule has 0 aliphatic carbocycles. The number of ether oxygens (including phenoxy) is 2. The Labute approximate surface area is 286 Å². The second kappa shape index (κ2) is 13.8. The Kier molecular flexibility index (Phi) is 9.51. The fourth-order valence-electron chi connectivity index (χ4n) is 6.06. The molecule has 0 saturated carbocycles. The smallest absolute Gasteiger partial charge is 0.408 e. The molecule has 1 N–H and O–H groups in total. The highest BCUT2D eigenvalue weighted by Gasteiger charge is 2.58. The third kappa shape index (κ3) is 7.34. The minimum Gasteiger partial charge on any atom is -0.448 e. The number of alkyl carbamates (subject to hydrolysis) is 1. The van der Waals surface area contributed by atoms with Gasteiger partial charge in [-0.1, -0.05) is 72.8 Å². The van der Waals surface area contributed by atoms with E-state index in [-0.39, 0.29) is 35.3 Å². The van der Waals surface area contributed by atoms with E-state index in [4.69, 9.17) is 9.47 Å². The van der Waals surface area contributed by atoms with Gasteiger partial charge < -0.3 is 19.7 Å². The molecule has 0 radical (unpaired) electrons. The predicted octanol–water partition coefficient (Wildman–Crippen LogP) is 4.90. The number of amides is 3. The Hall–Kier alpha value is -5.10. The summed E-state index contributed by atoms with van der Waals surface area (Å²) in [7, 11) is -1.76. The quantitative estimate of drug-likeness (QED) is 0.204. The van der Waals surface area contributed by atoms with E-state index >= 15 is 0 Å². The van der Waals surface area contributed by atoms with Gasteiger partial charge in [-0.25, -0.2) is 14.0 Å². The van der Waals surface area contributed by atoms with Crippen LogP contribution in [0, 0.1) is 5.82 Å². The van der Waals surface area contributed by atoms with Gasteiger partial charge in [-0.3, -0.25) is 18.7 Å². The van der Waals surface area contributed by atoms with E-state index in [1.807, 2.05) is 60.7 Å². The number of halogens is 1. The lowest BCUT2D eigenvalue weighted by molar-refractivity contribution is -0.153. The summed E-state index contributed by atoms with van der Waals surface area (Å²) in [6, 6.07) is 23.0. The predicted molar refractivity (Wildman–Crippen MR) is 179 cm³/mol. The van der Waals surface area contributed by atoms with Crippen molar-refractivity contribution in [1.29, 1.82) is 0 Å². The van der Waals surface area contributed by atoms with E-state index in [0.717, 1.165) is 10.5 Å². The lowest BCUT2D eigenvalue weighted by atomic mass is 10.00. The zero-order chi connectivity index (χ0) is 34.9. The molecule has 3 atom stereocenters. The van der Waals surface area contributed by atoms with E-state index in [0.29, 0.717) is 29.7 Å². The highest BCUT2D eigenvalue weighted by molar-refractivity contribution is 7.86. The first-order valence-electron chi connectivity index (χ1n) is 15.9. The molecule has 0 aromatic heterocycles. The van der Waals surface area contributed by atoms with Gasteiger partial charge in [0.05, 0.1) is 16.6 Å². The van der Waals surface area contributed by atoms with Crippen LogP contribution in [-0.4, -0.2) is 67.2 Å². The lowest BCUT2D eigenvalue weighted by Crippen LogP contribution is -2.73. The molecular formula is C37H36FN3O7S. The molecule has 3 aliphatic heterocycles. The molecule has 3 aliphatic rings. The summed E-state index contributed by atoms with van der Waals surface area (Å²) in [5.41, 5.74) is 1.77. The van der Waals surface area contributed by atoms with Crippen molar-refractivity contribution in [3.05, 3.63) is 130 Å². The van der Waals surface area contributed by atoms with Crippen molar-refractivity contribution in [3.63, 3.8) is 0 Å². The molecule has 49 heavy (non-hydrogen) atoms. The number of hydrogen-bond acceptors (Lipinski definition) is 7. The fraction of sp³-hybridized carbons (Fsp3) is 0.297. The van der Waals surface area contributed by atoms with E-state index in [1.54, 1.807) is 37.8 Å². The Bertz CT molecular complexity index is 1820. The molecule has 254 valence electrons. The molecule has 0 bridgehead atoms. The number of benzene rings is 3. The maximum Gasteiger partial charge on any atom is 0.408 e. The first-order valence-corrected chi connectivity index (χ1v) is 17.3. The Morgan fingerprint density at radius 1 is 0.980 bits per heavy atom. The SMILES string of the molecule is CC(C)(C)OC(=O)NC1C(=O)N2C(C(=O)OC(c3ccccc3)c3ccccc3)=C(/C=C3\CCN(Cc4ccc(F)cc4)C3=O)CS(=O)C12. The second-order valence-corrected chi connectivity index (χ2v) is 14.5. The summed E-state index contributed by atoms with van der Waals surface area (Å²) in [5, 5.41) is 1.46. The number of likely N-dealkylation sites (tertiary alicyclic amines) is 1. The Morgan fingerprint density at radius 3 is 2.18 bits per heavy atom. The minimum absolute atomic E-state index is 0.133. The van der Waals surface area contributed by atoms with Crippen LogP contribution in [0.3, 0.4) is 0 Å². The van der Waals surface area contributed by atoms with Crippen LogP contribution in [-0.2, 0) is 41.2 Å². The van der Waals surface area contributed by atoms with Crippen molar-refractivity contribution in [1.82, 2.24) is 15.1 Å². The van der Waals surface area contributed by atoms with Gasteiger partial charge in [-0.05, 0) is 67.7 Å². The van der Waals surface area contributed by atoms with Gasteiger partial charge in [-0.15, -0.1) is 0 Å². The van der Waals surface area contributed by atoms with Crippen molar-refractivity contribution in [2.24, 2.45) is 0 Å². The van der Waals surface area contributed by atoms with E-state index < -0.39 is 51.9 Å². The van der Waals surface area contributed by atoms with Crippen LogP contribution in [0.4, 0.5) is 9.18 Å².